The van der Waals surface area contributed by atoms with E-state index in [0.717, 1.165) is 24.5 Å². The van der Waals surface area contributed by atoms with E-state index in [4.69, 9.17) is 17.0 Å². The molecule has 3 rings (SSSR count). The molecule has 0 aromatic carbocycles. The summed E-state index contributed by atoms with van der Waals surface area (Å²) < 4.78 is 8.55. The Morgan fingerprint density at radius 2 is 2.29 bits per heavy atom. The number of nitrogens with zero attached hydrogens (tertiary/aromatic N) is 3. The van der Waals surface area contributed by atoms with Gasteiger partial charge in [-0.2, -0.15) is 5.10 Å². The molecule has 2 aromatic heterocycles. The van der Waals surface area contributed by atoms with Crippen LogP contribution >= 0.6 is 12.2 Å². The highest BCUT2D eigenvalue weighted by molar-refractivity contribution is 7.71. The summed E-state index contributed by atoms with van der Waals surface area (Å²) in [7, 11) is 0. The Labute approximate surface area is 129 Å². The molecule has 6 heteroatoms. The molecule has 0 spiro atoms. The second kappa shape index (κ2) is 5.35. The van der Waals surface area contributed by atoms with Gasteiger partial charge < -0.3 is 4.74 Å². The van der Waals surface area contributed by atoms with E-state index in [1.54, 1.807) is 6.20 Å². The van der Waals surface area contributed by atoms with Crippen molar-refractivity contribution in [1.29, 1.82) is 0 Å². The molecule has 1 saturated carbocycles. The van der Waals surface area contributed by atoms with Crippen LogP contribution in [0.5, 0.6) is 0 Å². The topological polar surface area (TPSA) is 55.7 Å². The Bertz CT molecular complexity index is 676. The molecule has 2 heterocycles. The predicted octanol–water partition coefficient (Wildman–Crippen LogP) is 3.38. The summed E-state index contributed by atoms with van der Waals surface area (Å²) in [6.07, 6.45) is 2.99. The number of hydrogen-bond acceptors (Lipinski definition) is 4. The van der Waals surface area contributed by atoms with Crippen molar-refractivity contribution in [2.45, 2.75) is 39.3 Å². The van der Waals surface area contributed by atoms with E-state index >= 15 is 0 Å². The van der Waals surface area contributed by atoms with E-state index in [1.807, 2.05) is 25.1 Å². The monoisotopic (exact) mass is 304 g/mol. The third-order valence-corrected chi connectivity index (χ3v) is 4.69. The van der Waals surface area contributed by atoms with Gasteiger partial charge in [0.25, 0.3) is 0 Å². The van der Waals surface area contributed by atoms with Crippen molar-refractivity contribution < 1.29 is 4.74 Å². The normalized spacial score (nSPS) is 23.8. The van der Waals surface area contributed by atoms with Gasteiger partial charge in [0, 0.05) is 24.3 Å². The quantitative estimate of drug-likeness (QED) is 0.880. The maximum Gasteiger partial charge on any atom is 0.195 e. The van der Waals surface area contributed by atoms with Gasteiger partial charge in [0.2, 0.25) is 0 Å². The molecule has 2 aromatic rings. The lowest BCUT2D eigenvalue weighted by Gasteiger charge is -2.52. The number of ether oxygens (including phenoxy) is 1. The number of aromatic nitrogens is 4. The lowest BCUT2D eigenvalue weighted by atomic mass is 9.64. The van der Waals surface area contributed by atoms with Crippen LogP contribution in [0.1, 0.15) is 33.2 Å². The molecule has 0 bridgehead atoms. The van der Waals surface area contributed by atoms with Gasteiger partial charge in [-0.3, -0.25) is 14.6 Å². The predicted molar refractivity (Wildman–Crippen MR) is 83.5 cm³/mol. The van der Waals surface area contributed by atoms with E-state index in [9.17, 15) is 0 Å². The molecule has 5 nitrogen and oxygen atoms in total. The molecule has 1 fully saturated rings. The van der Waals surface area contributed by atoms with Crippen LogP contribution in [0.3, 0.4) is 0 Å². The molecular weight excluding hydrogens is 284 g/mol. The SMILES string of the molecule is CCOC1CC(n2c(-c3ccccn3)n[nH]c2=S)C1(C)C. The summed E-state index contributed by atoms with van der Waals surface area (Å²) in [6, 6.07) is 6.08. The molecule has 112 valence electrons. The fraction of sp³-hybridized carbons (Fsp3) is 0.533. The molecule has 2 unspecified atom stereocenters. The number of H-pyrrole nitrogens is 1. The average Bonchev–Trinajstić information content (AvgIpc) is 2.85. The molecule has 1 aliphatic rings. The maximum absolute atomic E-state index is 5.81. The Morgan fingerprint density at radius 3 is 2.90 bits per heavy atom. The zero-order valence-electron chi connectivity index (χ0n) is 12.5. The van der Waals surface area contributed by atoms with Crippen LogP contribution in [0.25, 0.3) is 11.5 Å². The van der Waals surface area contributed by atoms with Crippen molar-refractivity contribution in [1.82, 2.24) is 19.7 Å². The van der Waals surface area contributed by atoms with Crippen LogP contribution in [0.4, 0.5) is 0 Å². The maximum atomic E-state index is 5.81. The van der Waals surface area contributed by atoms with E-state index in [0.29, 0.717) is 4.77 Å². The number of rotatable bonds is 4. The van der Waals surface area contributed by atoms with Crippen LogP contribution in [0.2, 0.25) is 0 Å². The standard InChI is InChI=1S/C15H20N4OS/c1-4-20-12-9-11(15(12,2)3)19-13(17-18-14(19)21)10-7-5-6-8-16-10/h5-8,11-12H,4,9H2,1-3H3,(H,18,21). The Hall–Kier alpha value is -1.53. The average molecular weight is 304 g/mol. The first-order valence-electron chi connectivity index (χ1n) is 7.25. The summed E-state index contributed by atoms with van der Waals surface area (Å²) in [5.74, 6) is 0.800. The van der Waals surface area contributed by atoms with Crippen LogP contribution < -0.4 is 0 Å². The van der Waals surface area contributed by atoms with Crippen molar-refractivity contribution in [2.75, 3.05) is 6.61 Å². The molecule has 2 atom stereocenters. The van der Waals surface area contributed by atoms with Crippen molar-refractivity contribution in [3.63, 3.8) is 0 Å². The van der Waals surface area contributed by atoms with Gasteiger partial charge in [0.15, 0.2) is 10.6 Å². The molecule has 0 aliphatic heterocycles. The van der Waals surface area contributed by atoms with Gasteiger partial charge in [-0.25, -0.2) is 0 Å². The van der Waals surface area contributed by atoms with Crippen molar-refractivity contribution in [3.8, 4) is 11.5 Å². The lowest BCUT2D eigenvalue weighted by Crippen LogP contribution is -2.51. The molecule has 0 amide bonds. The number of pyridine rings is 1. The third kappa shape index (κ3) is 2.32. The Morgan fingerprint density at radius 1 is 1.48 bits per heavy atom. The van der Waals surface area contributed by atoms with Gasteiger partial charge in [-0.1, -0.05) is 19.9 Å². The minimum atomic E-state index is 0.0294. The molecule has 21 heavy (non-hydrogen) atoms. The van der Waals surface area contributed by atoms with Gasteiger partial charge in [0.05, 0.1) is 6.10 Å². The zero-order chi connectivity index (χ0) is 15.0. The summed E-state index contributed by atoms with van der Waals surface area (Å²) in [5, 5.41) is 7.27. The smallest absolute Gasteiger partial charge is 0.195 e. The fourth-order valence-corrected chi connectivity index (χ4v) is 3.32. The van der Waals surface area contributed by atoms with Crippen molar-refractivity contribution in [2.24, 2.45) is 5.41 Å². The minimum Gasteiger partial charge on any atom is -0.378 e. The Kier molecular flexibility index (Phi) is 3.67. The largest absolute Gasteiger partial charge is 0.378 e. The van der Waals surface area contributed by atoms with E-state index in [-0.39, 0.29) is 17.6 Å². The molecule has 0 radical (unpaired) electrons. The van der Waals surface area contributed by atoms with Gasteiger partial charge in [-0.05, 0) is 37.7 Å². The third-order valence-electron chi connectivity index (χ3n) is 4.40. The van der Waals surface area contributed by atoms with Crippen LogP contribution in [0, 0.1) is 10.2 Å². The minimum absolute atomic E-state index is 0.0294. The van der Waals surface area contributed by atoms with Crippen LogP contribution in [-0.2, 0) is 4.74 Å². The molecular formula is C15H20N4OS. The van der Waals surface area contributed by atoms with Crippen LogP contribution in [0.15, 0.2) is 24.4 Å². The second-order valence-electron chi connectivity index (χ2n) is 5.95. The van der Waals surface area contributed by atoms with Gasteiger partial charge in [-0.15, -0.1) is 0 Å². The molecule has 0 saturated heterocycles. The second-order valence-corrected chi connectivity index (χ2v) is 6.34. The summed E-state index contributed by atoms with van der Waals surface area (Å²) in [4.78, 5) is 4.39. The summed E-state index contributed by atoms with van der Waals surface area (Å²) in [6.45, 7) is 7.22. The summed E-state index contributed by atoms with van der Waals surface area (Å²) >= 11 is 5.43. The number of nitrogens with one attached hydrogen (secondary N) is 1. The first-order valence-corrected chi connectivity index (χ1v) is 7.66. The highest BCUT2D eigenvalue weighted by Crippen LogP contribution is 2.52. The van der Waals surface area contributed by atoms with E-state index in [2.05, 4.69) is 33.6 Å². The fourth-order valence-electron chi connectivity index (χ4n) is 3.06. The first kappa shape index (κ1) is 14.4. The highest BCUT2D eigenvalue weighted by Gasteiger charge is 2.51. The highest BCUT2D eigenvalue weighted by atomic mass is 32.1. The zero-order valence-corrected chi connectivity index (χ0v) is 13.4. The van der Waals surface area contributed by atoms with E-state index < -0.39 is 0 Å². The Balaban J connectivity index is 1.98. The number of aromatic amines is 1. The first-order chi connectivity index (χ1) is 10.1. The molecule has 1 N–H and O–H groups in total. The van der Waals surface area contributed by atoms with Crippen molar-refractivity contribution >= 4 is 12.2 Å². The van der Waals surface area contributed by atoms with Crippen LogP contribution in [-0.4, -0.2) is 32.5 Å². The van der Waals surface area contributed by atoms with Gasteiger partial charge >= 0.3 is 0 Å². The van der Waals surface area contributed by atoms with Crippen molar-refractivity contribution in [3.05, 3.63) is 29.2 Å². The summed E-state index contributed by atoms with van der Waals surface area (Å²) in [5.41, 5.74) is 0.863. The lowest BCUT2D eigenvalue weighted by molar-refractivity contribution is -0.127. The number of hydrogen-bond donors (Lipinski definition) is 1. The van der Waals surface area contributed by atoms with Gasteiger partial charge in [0.1, 0.15) is 5.69 Å². The molecule has 1 aliphatic carbocycles. The van der Waals surface area contributed by atoms with E-state index in [1.165, 1.54) is 0 Å².